The van der Waals surface area contributed by atoms with Crippen LogP contribution in [0.25, 0.3) is 0 Å². The Hall–Kier alpha value is -0.570. The van der Waals surface area contributed by atoms with Crippen LogP contribution in [0.4, 0.5) is 0 Å². The molecule has 0 radical (unpaired) electrons. The highest BCUT2D eigenvalue weighted by molar-refractivity contribution is 5.69. The Bertz CT molecular complexity index is 304. The van der Waals surface area contributed by atoms with Gasteiger partial charge in [-0.2, -0.15) is 0 Å². The van der Waals surface area contributed by atoms with E-state index in [2.05, 4.69) is 13.8 Å². The summed E-state index contributed by atoms with van der Waals surface area (Å²) in [6.45, 7) is 7.10. The average molecular weight is 371 g/mol. The van der Waals surface area contributed by atoms with E-state index in [0.29, 0.717) is 12.3 Å². The lowest BCUT2D eigenvalue weighted by atomic mass is 10.0. The van der Waals surface area contributed by atoms with Gasteiger partial charge in [-0.3, -0.25) is 4.79 Å². The predicted molar refractivity (Wildman–Crippen MR) is 112 cm³/mol. The fourth-order valence-corrected chi connectivity index (χ4v) is 3.21. The summed E-state index contributed by atoms with van der Waals surface area (Å²) in [7, 11) is 1.71. The molecule has 156 valence electrons. The van der Waals surface area contributed by atoms with Gasteiger partial charge in [0.1, 0.15) is 6.10 Å². The smallest absolute Gasteiger partial charge is 0.306 e. The molecule has 0 spiro atoms. The molecule has 0 aliphatic rings. The Labute approximate surface area is 163 Å². The van der Waals surface area contributed by atoms with Gasteiger partial charge in [0.05, 0.1) is 0 Å². The molecule has 0 aromatic carbocycles. The second-order valence-corrected chi connectivity index (χ2v) is 7.95. The van der Waals surface area contributed by atoms with Crippen molar-refractivity contribution in [2.75, 3.05) is 13.7 Å². The standard InChI is InChI=1S/C23H46O3/c1-5-6-7-8-9-10-11-12-13-14-15-16-17-18-23(24)26-22(3)21(2)19-20-25-4/h21-22H,5-20H2,1-4H3. The molecule has 0 aliphatic heterocycles. The van der Waals surface area contributed by atoms with Crippen LogP contribution < -0.4 is 0 Å². The van der Waals surface area contributed by atoms with E-state index in [1.165, 1.54) is 70.6 Å². The molecular formula is C23H46O3. The number of ether oxygens (including phenoxy) is 2. The zero-order chi connectivity index (χ0) is 19.5. The normalized spacial score (nSPS) is 13.5. The number of hydrogen-bond acceptors (Lipinski definition) is 3. The Morgan fingerprint density at radius 2 is 1.23 bits per heavy atom. The molecule has 0 amide bonds. The van der Waals surface area contributed by atoms with Gasteiger partial charge in [0.2, 0.25) is 0 Å². The van der Waals surface area contributed by atoms with Gasteiger partial charge in [-0.05, 0) is 25.7 Å². The molecule has 0 saturated carbocycles. The van der Waals surface area contributed by atoms with E-state index >= 15 is 0 Å². The predicted octanol–water partition coefficient (Wildman–Crippen LogP) is 7.07. The van der Waals surface area contributed by atoms with Crippen LogP contribution in [0.1, 0.15) is 117 Å². The highest BCUT2D eigenvalue weighted by atomic mass is 16.5. The molecule has 3 heteroatoms. The molecule has 0 bridgehead atoms. The minimum absolute atomic E-state index is 0.0142. The maximum absolute atomic E-state index is 11.9. The van der Waals surface area contributed by atoms with E-state index in [-0.39, 0.29) is 12.1 Å². The zero-order valence-corrected chi connectivity index (χ0v) is 18.2. The second kappa shape index (κ2) is 19.2. The van der Waals surface area contributed by atoms with Crippen molar-refractivity contribution in [3.05, 3.63) is 0 Å². The topological polar surface area (TPSA) is 35.5 Å². The number of unbranched alkanes of at least 4 members (excludes halogenated alkanes) is 12. The maximum atomic E-state index is 11.9. The Balaban J connectivity index is 3.35. The van der Waals surface area contributed by atoms with Crippen molar-refractivity contribution in [2.24, 2.45) is 5.92 Å². The molecular weight excluding hydrogens is 324 g/mol. The number of esters is 1. The van der Waals surface area contributed by atoms with Crippen molar-refractivity contribution >= 4 is 5.97 Å². The van der Waals surface area contributed by atoms with Crippen LogP contribution >= 0.6 is 0 Å². The summed E-state index contributed by atoms with van der Waals surface area (Å²) in [5, 5.41) is 0. The summed E-state index contributed by atoms with van der Waals surface area (Å²) in [4.78, 5) is 11.9. The van der Waals surface area contributed by atoms with Gasteiger partial charge in [-0.1, -0.05) is 90.9 Å². The monoisotopic (exact) mass is 370 g/mol. The molecule has 0 aliphatic carbocycles. The van der Waals surface area contributed by atoms with Crippen LogP contribution in [-0.4, -0.2) is 25.8 Å². The largest absolute Gasteiger partial charge is 0.462 e. The summed E-state index contributed by atoms with van der Waals surface area (Å²) in [6.07, 6.45) is 18.7. The maximum Gasteiger partial charge on any atom is 0.306 e. The van der Waals surface area contributed by atoms with Gasteiger partial charge in [-0.25, -0.2) is 0 Å². The third-order valence-corrected chi connectivity index (χ3v) is 5.38. The van der Waals surface area contributed by atoms with Crippen molar-refractivity contribution in [3.63, 3.8) is 0 Å². The minimum atomic E-state index is -0.0372. The van der Waals surface area contributed by atoms with E-state index in [1.807, 2.05) is 6.92 Å². The summed E-state index contributed by atoms with van der Waals surface area (Å²) in [6, 6.07) is 0. The fourth-order valence-electron chi connectivity index (χ4n) is 3.21. The molecule has 3 nitrogen and oxygen atoms in total. The molecule has 0 N–H and O–H groups in total. The van der Waals surface area contributed by atoms with Crippen LogP contribution in [-0.2, 0) is 14.3 Å². The highest BCUT2D eigenvalue weighted by Crippen LogP contribution is 2.15. The quantitative estimate of drug-likeness (QED) is 0.180. The molecule has 0 aromatic rings. The van der Waals surface area contributed by atoms with Gasteiger partial charge in [0.25, 0.3) is 0 Å². The molecule has 0 rings (SSSR count). The summed E-state index contributed by atoms with van der Waals surface area (Å²) >= 11 is 0. The lowest BCUT2D eigenvalue weighted by molar-refractivity contribution is -0.150. The van der Waals surface area contributed by atoms with Gasteiger partial charge in [-0.15, -0.1) is 0 Å². The Morgan fingerprint density at radius 1 is 0.769 bits per heavy atom. The molecule has 0 heterocycles. The van der Waals surface area contributed by atoms with Crippen molar-refractivity contribution in [3.8, 4) is 0 Å². The van der Waals surface area contributed by atoms with Crippen molar-refractivity contribution in [2.45, 2.75) is 123 Å². The Morgan fingerprint density at radius 3 is 1.69 bits per heavy atom. The molecule has 26 heavy (non-hydrogen) atoms. The Kier molecular flexibility index (Phi) is 18.8. The second-order valence-electron chi connectivity index (χ2n) is 7.95. The third kappa shape index (κ3) is 16.9. The van der Waals surface area contributed by atoms with Gasteiger partial charge in [0, 0.05) is 20.1 Å². The first-order chi connectivity index (χ1) is 12.6. The minimum Gasteiger partial charge on any atom is -0.462 e. The number of carbonyl (C=O) groups is 1. The van der Waals surface area contributed by atoms with Crippen LogP contribution in [0.15, 0.2) is 0 Å². The fraction of sp³-hybridized carbons (Fsp3) is 0.957. The first-order valence-electron chi connectivity index (χ1n) is 11.3. The van der Waals surface area contributed by atoms with Gasteiger partial charge >= 0.3 is 5.97 Å². The number of rotatable bonds is 19. The molecule has 0 aromatic heterocycles. The lowest BCUT2D eigenvalue weighted by Gasteiger charge is -2.20. The molecule has 0 fully saturated rings. The third-order valence-electron chi connectivity index (χ3n) is 5.38. The van der Waals surface area contributed by atoms with E-state index in [1.54, 1.807) is 7.11 Å². The van der Waals surface area contributed by atoms with Crippen molar-refractivity contribution in [1.82, 2.24) is 0 Å². The molecule has 2 atom stereocenters. The van der Waals surface area contributed by atoms with E-state index < -0.39 is 0 Å². The van der Waals surface area contributed by atoms with Crippen LogP contribution in [0.3, 0.4) is 0 Å². The summed E-state index contributed by atoms with van der Waals surface area (Å²) in [5.74, 6) is 0.315. The van der Waals surface area contributed by atoms with E-state index in [0.717, 1.165) is 25.9 Å². The first kappa shape index (κ1) is 25.4. The average Bonchev–Trinajstić information content (AvgIpc) is 2.63. The molecule has 0 saturated heterocycles. The van der Waals surface area contributed by atoms with Gasteiger partial charge in [0.15, 0.2) is 0 Å². The van der Waals surface area contributed by atoms with Crippen LogP contribution in [0.2, 0.25) is 0 Å². The van der Waals surface area contributed by atoms with Crippen LogP contribution in [0.5, 0.6) is 0 Å². The molecule has 2 unspecified atom stereocenters. The van der Waals surface area contributed by atoms with E-state index in [4.69, 9.17) is 9.47 Å². The summed E-state index contributed by atoms with van der Waals surface area (Å²) < 4.78 is 10.6. The lowest BCUT2D eigenvalue weighted by Crippen LogP contribution is -2.23. The first-order valence-corrected chi connectivity index (χ1v) is 11.3. The van der Waals surface area contributed by atoms with E-state index in [9.17, 15) is 4.79 Å². The highest BCUT2D eigenvalue weighted by Gasteiger charge is 2.16. The summed E-state index contributed by atoms with van der Waals surface area (Å²) in [5.41, 5.74) is 0. The SMILES string of the molecule is CCCCCCCCCCCCCCCC(=O)OC(C)C(C)CCOC. The van der Waals surface area contributed by atoms with Crippen LogP contribution in [0, 0.1) is 5.92 Å². The van der Waals surface area contributed by atoms with Gasteiger partial charge < -0.3 is 9.47 Å². The number of methoxy groups -OCH3 is 1. The number of hydrogen-bond donors (Lipinski definition) is 0. The van der Waals surface area contributed by atoms with Crippen molar-refractivity contribution in [1.29, 1.82) is 0 Å². The zero-order valence-electron chi connectivity index (χ0n) is 18.2. The number of carbonyl (C=O) groups excluding carboxylic acids is 1. The van der Waals surface area contributed by atoms with Crippen molar-refractivity contribution < 1.29 is 14.3 Å².